The quantitative estimate of drug-likeness (QED) is 0.780. The lowest BCUT2D eigenvalue weighted by molar-refractivity contribution is -0.132. The normalized spacial score (nSPS) is 18.3. The molecule has 1 N–H and O–H groups in total. The number of halogens is 1. The maximum atomic E-state index is 13.8. The number of para-hydroxylation sites is 1. The van der Waals surface area contributed by atoms with Gasteiger partial charge < -0.3 is 10.0 Å². The molecule has 0 aliphatic carbocycles. The molecule has 3 aromatic carbocycles. The van der Waals surface area contributed by atoms with Crippen LogP contribution in [0.4, 0.5) is 10.1 Å². The third-order valence-corrected chi connectivity index (χ3v) is 4.78. The molecule has 1 atom stereocenters. The summed E-state index contributed by atoms with van der Waals surface area (Å²) in [5.41, 5.74) is 0.473. The number of nitriles is 1. The van der Waals surface area contributed by atoms with E-state index < -0.39 is 17.3 Å². The lowest BCUT2D eigenvalue weighted by atomic mass is 9.87. The molecule has 0 radical (unpaired) electrons. The fourth-order valence-corrected chi connectivity index (χ4v) is 3.51. The third-order valence-electron chi connectivity index (χ3n) is 4.78. The Morgan fingerprint density at radius 3 is 2.59 bits per heavy atom. The average Bonchev–Trinajstić information content (AvgIpc) is 2.91. The Hall–Kier alpha value is -3.49. The summed E-state index contributed by atoms with van der Waals surface area (Å²) in [6.45, 7) is 0.197. The van der Waals surface area contributed by atoms with E-state index in [4.69, 9.17) is 5.26 Å². The Morgan fingerprint density at radius 1 is 1.04 bits per heavy atom. The van der Waals surface area contributed by atoms with Crippen LogP contribution in [0.2, 0.25) is 0 Å². The molecule has 5 heteroatoms. The van der Waals surface area contributed by atoms with Gasteiger partial charge >= 0.3 is 0 Å². The lowest BCUT2D eigenvalue weighted by Gasteiger charge is -2.24. The van der Waals surface area contributed by atoms with Gasteiger partial charge in [0.25, 0.3) is 5.91 Å². The molecule has 3 aromatic rings. The van der Waals surface area contributed by atoms with Crippen LogP contribution < -0.4 is 4.90 Å². The lowest BCUT2D eigenvalue weighted by Crippen LogP contribution is -2.41. The molecule has 4 nitrogen and oxygen atoms in total. The molecule has 0 aromatic heterocycles. The van der Waals surface area contributed by atoms with Crippen LogP contribution in [0, 0.1) is 17.1 Å². The number of aliphatic hydroxyl groups is 1. The van der Waals surface area contributed by atoms with Crippen molar-refractivity contribution in [3.63, 3.8) is 0 Å². The van der Waals surface area contributed by atoms with Crippen LogP contribution in [0.25, 0.3) is 0 Å². The van der Waals surface area contributed by atoms with Crippen molar-refractivity contribution in [1.82, 2.24) is 0 Å². The Balaban J connectivity index is 1.81. The Labute approximate surface area is 155 Å². The zero-order valence-electron chi connectivity index (χ0n) is 14.3. The molecule has 1 heterocycles. The summed E-state index contributed by atoms with van der Waals surface area (Å²) < 4.78 is 13.8. The van der Waals surface area contributed by atoms with Gasteiger partial charge in [0, 0.05) is 11.1 Å². The molecule has 4 rings (SSSR count). The van der Waals surface area contributed by atoms with Crippen molar-refractivity contribution >= 4 is 11.6 Å². The summed E-state index contributed by atoms with van der Waals surface area (Å²) in [7, 11) is 0. The summed E-state index contributed by atoms with van der Waals surface area (Å²) in [6.07, 6.45) is 0. The summed E-state index contributed by atoms with van der Waals surface area (Å²) in [5, 5.41) is 20.4. The number of hydrogen-bond acceptors (Lipinski definition) is 3. The fourth-order valence-electron chi connectivity index (χ4n) is 3.51. The zero-order chi connectivity index (χ0) is 19.0. The van der Waals surface area contributed by atoms with Gasteiger partial charge in [-0.05, 0) is 35.9 Å². The van der Waals surface area contributed by atoms with Gasteiger partial charge in [0.2, 0.25) is 0 Å². The van der Waals surface area contributed by atoms with Crippen LogP contribution in [0.5, 0.6) is 0 Å². The molecule has 0 spiro atoms. The summed E-state index contributed by atoms with van der Waals surface area (Å²) in [4.78, 5) is 14.7. The van der Waals surface area contributed by atoms with Gasteiger partial charge in [0.1, 0.15) is 5.82 Å². The molecule has 0 fully saturated rings. The van der Waals surface area contributed by atoms with Crippen LogP contribution in [-0.2, 0) is 16.9 Å². The average molecular weight is 358 g/mol. The molecule has 0 saturated heterocycles. The third kappa shape index (κ3) is 2.67. The van der Waals surface area contributed by atoms with E-state index in [0.29, 0.717) is 16.8 Å². The van der Waals surface area contributed by atoms with Gasteiger partial charge in [-0.15, -0.1) is 0 Å². The molecule has 0 bridgehead atoms. The summed E-state index contributed by atoms with van der Waals surface area (Å²) in [5.74, 6) is -1.07. The van der Waals surface area contributed by atoms with Crippen molar-refractivity contribution in [1.29, 1.82) is 5.26 Å². The summed E-state index contributed by atoms with van der Waals surface area (Å²) >= 11 is 0. The van der Waals surface area contributed by atoms with Crippen LogP contribution >= 0.6 is 0 Å². The largest absolute Gasteiger partial charge is 0.372 e. The number of carbonyl (C=O) groups excluding carboxylic acids is 1. The van der Waals surface area contributed by atoms with E-state index in [1.165, 1.54) is 29.2 Å². The first-order valence-electron chi connectivity index (χ1n) is 8.43. The van der Waals surface area contributed by atoms with E-state index in [9.17, 15) is 14.3 Å². The molecule has 132 valence electrons. The van der Waals surface area contributed by atoms with Crippen molar-refractivity contribution in [3.05, 3.63) is 101 Å². The smallest absolute Gasteiger partial charge is 0.268 e. The van der Waals surface area contributed by atoms with E-state index in [0.717, 1.165) is 5.56 Å². The highest BCUT2D eigenvalue weighted by Gasteiger charge is 2.51. The van der Waals surface area contributed by atoms with E-state index in [2.05, 4.69) is 6.07 Å². The van der Waals surface area contributed by atoms with Crippen molar-refractivity contribution in [2.24, 2.45) is 0 Å². The molecular formula is C22H15FN2O2. The first-order chi connectivity index (χ1) is 13.0. The maximum absolute atomic E-state index is 13.8. The van der Waals surface area contributed by atoms with Crippen LogP contribution in [0.1, 0.15) is 22.3 Å². The summed E-state index contributed by atoms with van der Waals surface area (Å²) in [6, 6.07) is 21.4. The molecule has 1 amide bonds. The molecular weight excluding hydrogens is 343 g/mol. The van der Waals surface area contributed by atoms with Crippen LogP contribution in [-0.4, -0.2) is 11.0 Å². The Kier molecular flexibility index (Phi) is 3.98. The minimum Gasteiger partial charge on any atom is -0.372 e. The predicted octanol–water partition coefficient (Wildman–Crippen LogP) is 3.48. The van der Waals surface area contributed by atoms with Gasteiger partial charge in [0.15, 0.2) is 5.60 Å². The van der Waals surface area contributed by atoms with Crippen LogP contribution in [0.3, 0.4) is 0 Å². The number of benzene rings is 3. The van der Waals surface area contributed by atoms with E-state index in [-0.39, 0.29) is 12.1 Å². The number of hydrogen-bond donors (Lipinski definition) is 1. The second-order valence-electron chi connectivity index (χ2n) is 6.44. The van der Waals surface area contributed by atoms with Gasteiger partial charge in [0.05, 0.1) is 23.9 Å². The highest BCUT2D eigenvalue weighted by Crippen LogP contribution is 2.45. The number of carbonyl (C=O) groups is 1. The first-order valence-corrected chi connectivity index (χ1v) is 8.43. The highest BCUT2D eigenvalue weighted by atomic mass is 19.1. The van der Waals surface area contributed by atoms with Crippen molar-refractivity contribution in [2.45, 2.75) is 12.1 Å². The topological polar surface area (TPSA) is 64.3 Å². The van der Waals surface area contributed by atoms with Gasteiger partial charge in [-0.25, -0.2) is 4.39 Å². The van der Waals surface area contributed by atoms with E-state index in [1.54, 1.807) is 42.5 Å². The number of anilines is 1. The molecule has 27 heavy (non-hydrogen) atoms. The second kappa shape index (κ2) is 6.35. The van der Waals surface area contributed by atoms with E-state index in [1.807, 2.05) is 6.07 Å². The molecule has 0 saturated carbocycles. The zero-order valence-corrected chi connectivity index (χ0v) is 14.3. The highest BCUT2D eigenvalue weighted by molar-refractivity contribution is 6.09. The van der Waals surface area contributed by atoms with Crippen molar-refractivity contribution < 1.29 is 14.3 Å². The molecule has 1 aliphatic heterocycles. The SMILES string of the molecule is N#Cc1cccc(CN2C(=O)C(O)(c3cccc(F)c3)c3ccccc32)c1. The predicted molar refractivity (Wildman–Crippen MR) is 98.2 cm³/mol. The monoisotopic (exact) mass is 358 g/mol. The van der Waals surface area contributed by atoms with Gasteiger partial charge in [-0.1, -0.05) is 42.5 Å². The standard InChI is InChI=1S/C22H15FN2O2/c23-18-8-4-7-17(12-18)22(27)19-9-1-2-10-20(19)25(21(22)26)14-16-6-3-5-15(11-16)13-24/h1-12,27H,14H2. The molecule has 1 unspecified atom stereocenters. The number of nitrogens with zero attached hydrogens (tertiary/aromatic N) is 2. The number of fused-ring (bicyclic) bond motifs is 1. The molecule has 1 aliphatic rings. The Morgan fingerprint density at radius 2 is 1.81 bits per heavy atom. The Bertz CT molecular complexity index is 1090. The van der Waals surface area contributed by atoms with Gasteiger partial charge in [-0.2, -0.15) is 5.26 Å². The second-order valence-corrected chi connectivity index (χ2v) is 6.44. The minimum atomic E-state index is -1.95. The maximum Gasteiger partial charge on any atom is 0.268 e. The fraction of sp³-hybridized carbons (Fsp3) is 0.0909. The van der Waals surface area contributed by atoms with Crippen molar-refractivity contribution in [3.8, 4) is 6.07 Å². The number of rotatable bonds is 3. The van der Waals surface area contributed by atoms with Gasteiger partial charge in [-0.3, -0.25) is 4.79 Å². The first kappa shape index (κ1) is 17.0. The minimum absolute atomic E-state index is 0.188. The van der Waals surface area contributed by atoms with E-state index >= 15 is 0 Å². The van der Waals surface area contributed by atoms with Crippen LogP contribution in [0.15, 0.2) is 72.8 Å². The van der Waals surface area contributed by atoms with Crippen molar-refractivity contribution in [2.75, 3.05) is 4.90 Å². The number of amides is 1.